The van der Waals surface area contributed by atoms with E-state index in [0.29, 0.717) is 0 Å². The van der Waals surface area contributed by atoms with Crippen molar-refractivity contribution in [1.82, 2.24) is 0 Å². The number of rotatable bonds is 8. The van der Waals surface area contributed by atoms with Gasteiger partial charge in [-0.3, -0.25) is 0 Å². The zero-order valence-electron chi connectivity index (χ0n) is 28.7. The molecule has 0 bridgehead atoms. The summed E-state index contributed by atoms with van der Waals surface area (Å²) in [7, 11) is 0. The van der Waals surface area contributed by atoms with Crippen LogP contribution in [-0.4, -0.2) is 0 Å². The molecule has 0 radical (unpaired) electrons. The smallest absolute Gasteiger partial charge is 0.0463 e. The van der Waals surface area contributed by atoms with Gasteiger partial charge in [0.05, 0.1) is 0 Å². The molecule has 0 saturated carbocycles. The molecule has 9 aromatic rings. The Morgan fingerprint density at radius 3 is 0.750 bits per heavy atom. The van der Waals surface area contributed by atoms with E-state index in [9.17, 15) is 0 Å². The number of fused-ring (bicyclic) bond motifs is 2. The normalized spacial score (nSPS) is 11.1. The first-order valence-electron chi connectivity index (χ1n) is 17.8. The van der Waals surface area contributed by atoms with Crippen LogP contribution >= 0.6 is 0 Å². The molecule has 0 aliphatic carbocycles. The minimum Gasteiger partial charge on any atom is -0.311 e. The highest BCUT2D eigenvalue weighted by atomic mass is 15.2. The van der Waals surface area contributed by atoms with Gasteiger partial charge in [-0.15, -0.1) is 0 Å². The molecule has 0 aromatic heterocycles. The third kappa shape index (κ3) is 5.77. The first-order valence-corrected chi connectivity index (χ1v) is 17.8. The van der Waals surface area contributed by atoms with Crippen LogP contribution in [-0.2, 0) is 0 Å². The summed E-state index contributed by atoms with van der Waals surface area (Å²) in [6.45, 7) is 0. The maximum atomic E-state index is 2.33. The molecule has 0 spiro atoms. The van der Waals surface area contributed by atoms with Crippen molar-refractivity contribution in [1.29, 1.82) is 0 Å². The summed E-state index contributed by atoms with van der Waals surface area (Å²) in [6, 6.07) is 78.1. The van der Waals surface area contributed by atoms with Crippen molar-refractivity contribution < 1.29 is 0 Å². The number of anilines is 6. The van der Waals surface area contributed by atoms with E-state index < -0.39 is 0 Å². The van der Waals surface area contributed by atoms with Crippen LogP contribution in [0.4, 0.5) is 34.1 Å². The molecule has 0 fully saturated rings. The minimum atomic E-state index is 1.09. The van der Waals surface area contributed by atoms with Crippen molar-refractivity contribution in [2.75, 3.05) is 9.80 Å². The molecule has 52 heavy (non-hydrogen) atoms. The predicted molar refractivity (Wildman–Crippen MR) is 222 cm³/mol. The highest BCUT2D eigenvalue weighted by Gasteiger charge is 2.19. The first-order chi connectivity index (χ1) is 25.8. The first kappa shape index (κ1) is 31.1. The summed E-state index contributed by atoms with van der Waals surface area (Å²) in [6.07, 6.45) is 0. The zero-order valence-corrected chi connectivity index (χ0v) is 28.7. The van der Waals surface area contributed by atoms with Crippen molar-refractivity contribution in [2.45, 2.75) is 0 Å². The minimum absolute atomic E-state index is 1.09. The summed E-state index contributed by atoms with van der Waals surface area (Å²) in [4.78, 5) is 4.63. The zero-order chi connectivity index (χ0) is 34.7. The monoisotopic (exact) mass is 664 g/mol. The Balaban J connectivity index is 1.14. The van der Waals surface area contributed by atoms with Crippen molar-refractivity contribution >= 4 is 55.7 Å². The van der Waals surface area contributed by atoms with Crippen LogP contribution in [0.2, 0.25) is 0 Å². The molecular weight excluding hydrogens is 629 g/mol. The van der Waals surface area contributed by atoms with E-state index in [-0.39, 0.29) is 0 Å². The van der Waals surface area contributed by atoms with Gasteiger partial charge in [0.15, 0.2) is 0 Å². The average molecular weight is 665 g/mol. The van der Waals surface area contributed by atoms with Gasteiger partial charge in [-0.1, -0.05) is 146 Å². The Kier molecular flexibility index (Phi) is 8.24. The lowest BCUT2D eigenvalue weighted by Gasteiger charge is -2.28. The van der Waals surface area contributed by atoms with Crippen LogP contribution in [0.1, 0.15) is 0 Å². The van der Waals surface area contributed by atoms with Crippen LogP contribution in [0.25, 0.3) is 43.8 Å². The largest absolute Gasteiger partial charge is 0.311 e. The highest BCUT2D eigenvalue weighted by molar-refractivity contribution is 6.21. The van der Waals surface area contributed by atoms with Gasteiger partial charge in [0.25, 0.3) is 0 Å². The van der Waals surface area contributed by atoms with Crippen molar-refractivity contribution in [3.8, 4) is 22.3 Å². The Hall–Kier alpha value is -6.90. The summed E-state index contributed by atoms with van der Waals surface area (Å²) in [5.74, 6) is 0. The quantitative estimate of drug-likeness (QED) is 0.149. The second kappa shape index (κ2) is 13.8. The van der Waals surface area contributed by atoms with Gasteiger partial charge < -0.3 is 9.80 Å². The lowest BCUT2D eigenvalue weighted by atomic mass is 9.86. The number of para-hydroxylation sites is 3. The molecule has 0 amide bonds. The number of benzene rings is 9. The molecule has 0 saturated heterocycles. The molecule has 0 heterocycles. The van der Waals surface area contributed by atoms with Crippen LogP contribution in [0.15, 0.2) is 218 Å². The summed E-state index contributed by atoms with van der Waals surface area (Å²) >= 11 is 0. The van der Waals surface area contributed by atoms with Crippen molar-refractivity contribution in [3.05, 3.63) is 218 Å². The summed E-state index contributed by atoms with van der Waals surface area (Å²) in [5.41, 5.74) is 11.6. The van der Waals surface area contributed by atoms with Gasteiger partial charge in [0.1, 0.15) is 0 Å². The van der Waals surface area contributed by atoms with Crippen molar-refractivity contribution in [3.63, 3.8) is 0 Å². The molecule has 0 N–H and O–H groups in total. The third-order valence-electron chi connectivity index (χ3n) is 9.82. The lowest BCUT2D eigenvalue weighted by Crippen LogP contribution is -2.12. The summed E-state index contributed by atoms with van der Waals surface area (Å²) in [5, 5.41) is 5.03. The second-order valence-electron chi connectivity index (χ2n) is 12.9. The number of hydrogen-bond acceptors (Lipinski definition) is 2. The SMILES string of the molecule is c1ccc(-c2c3ccccc3c(-c3ccc(N(c4ccccc4)c4ccc(N(c5ccccc5)c5ccccc5)cc4)cc3)c3ccccc23)cc1. The standard InChI is InChI=1S/C50H36N2/c1-5-17-37(18-6-1)49-45-25-13-15-27-47(45)50(48-28-16-14-26-46(48)49)38-29-31-42(32-30-38)52(41-23-11-4-12-24-41)44-35-33-43(34-36-44)51(39-19-7-2-8-20-39)40-21-9-3-10-22-40/h1-36H. The molecule has 0 atom stereocenters. The number of nitrogens with zero attached hydrogens (tertiary/aromatic N) is 2. The molecule has 9 rings (SSSR count). The van der Waals surface area contributed by atoms with Crippen LogP contribution in [0.5, 0.6) is 0 Å². The fourth-order valence-corrected chi connectivity index (χ4v) is 7.51. The lowest BCUT2D eigenvalue weighted by molar-refractivity contribution is 1.26. The van der Waals surface area contributed by atoms with E-state index in [1.165, 1.54) is 43.8 Å². The van der Waals surface area contributed by atoms with Gasteiger partial charge in [-0.2, -0.15) is 0 Å². The van der Waals surface area contributed by atoms with Gasteiger partial charge in [0, 0.05) is 34.1 Å². The van der Waals surface area contributed by atoms with E-state index in [2.05, 4.69) is 228 Å². The molecule has 9 aromatic carbocycles. The molecule has 0 unspecified atom stereocenters. The maximum Gasteiger partial charge on any atom is 0.0463 e. The molecular formula is C50H36N2. The summed E-state index contributed by atoms with van der Waals surface area (Å²) < 4.78 is 0. The molecule has 246 valence electrons. The van der Waals surface area contributed by atoms with E-state index in [1.54, 1.807) is 0 Å². The highest BCUT2D eigenvalue weighted by Crippen LogP contribution is 2.45. The van der Waals surface area contributed by atoms with Gasteiger partial charge in [-0.05, 0) is 117 Å². The fourth-order valence-electron chi connectivity index (χ4n) is 7.51. The van der Waals surface area contributed by atoms with E-state index in [4.69, 9.17) is 0 Å². The van der Waals surface area contributed by atoms with E-state index in [0.717, 1.165) is 34.1 Å². The number of hydrogen-bond donors (Lipinski definition) is 0. The fraction of sp³-hybridized carbons (Fsp3) is 0. The van der Waals surface area contributed by atoms with E-state index >= 15 is 0 Å². The Bertz CT molecular complexity index is 2490. The third-order valence-corrected chi connectivity index (χ3v) is 9.82. The Labute approximate surface area is 305 Å². The Morgan fingerprint density at radius 1 is 0.192 bits per heavy atom. The Morgan fingerprint density at radius 2 is 0.423 bits per heavy atom. The average Bonchev–Trinajstić information content (AvgIpc) is 3.22. The van der Waals surface area contributed by atoms with Gasteiger partial charge in [-0.25, -0.2) is 0 Å². The molecule has 0 aliphatic rings. The van der Waals surface area contributed by atoms with Crippen LogP contribution in [0.3, 0.4) is 0 Å². The predicted octanol–water partition coefficient (Wildman–Crippen LogP) is 14.3. The van der Waals surface area contributed by atoms with Gasteiger partial charge >= 0.3 is 0 Å². The molecule has 2 heteroatoms. The maximum absolute atomic E-state index is 2.33. The van der Waals surface area contributed by atoms with Crippen LogP contribution < -0.4 is 9.80 Å². The topological polar surface area (TPSA) is 6.48 Å². The van der Waals surface area contributed by atoms with Gasteiger partial charge in [0.2, 0.25) is 0 Å². The van der Waals surface area contributed by atoms with Crippen molar-refractivity contribution in [2.24, 2.45) is 0 Å². The molecule has 2 nitrogen and oxygen atoms in total. The van der Waals surface area contributed by atoms with Crippen LogP contribution in [0, 0.1) is 0 Å². The second-order valence-corrected chi connectivity index (χ2v) is 12.9. The van der Waals surface area contributed by atoms with E-state index in [1.807, 2.05) is 0 Å². The molecule has 0 aliphatic heterocycles.